The van der Waals surface area contributed by atoms with Gasteiger partial charge in [0.2, 0.25) is 5.76 Å². The quantitative estimate of drug-likeness (QED) is 0.525. The Kier molecular flexibility index (Phi) is 3.90. The Hall–Kier alpha value is -2.96. The summed E-state index contributed by atoms with van der Waals surface area (Å²) in [5.41, 5.74) is 3.75. The highest BCUT2D eigenvalue weighted by atomic mass is 16.6. The minimum Gasteiger partial charge on any atom is -0.395 e. The lowest BCUT2D eigenvalue weighted by molar-refractivity contribution is -0.402. The Morgan fingerprint density at radius 1 is 1.25 bits per heavy atom. The number of hydrazone groups is 1. The zero-order valence-electron chi connectivity index (χ0n) is 10.6. The van der Waals surface area contributed by atoms with E-state index in [1.807, 2.05) is 30.3 Å². The smallest absolute Gasteiger partial charge is 0.395 e. The summed E-state index contributed by atoms with van der Waals surface area (Å²) in [6, 6.07) is 11.6. The van der Waals surface area contributed by atoms with Crippen molar-refractivity contribution in [3.05, 3.63) is 63.9 Å². The van der Waals surface area contributed by atoms with Crippen molar-refractivity contribution in [3.8, 4) is 0 Å². The van der Waals surface area contributed by atoms with Crippen molar-refractivity contribution in [2.24, 2.45) is 5.10 Å². The van der Waals surface area contributed by atoms with E-state index in [0.717, 1.165) is 11.6 Å². The highest BCUT2D eigenvalue weighted by molar-refractivity contribution is 6.00. The lowest BCUT2D eigenvalue weighted by atomic mass is 10.1. The Bertz CT molecular complexity index is 661. The molecule has 1 aromatic heterocycles. The first-order valence-electron chi connectivity index (χ1n) is 5.72. The van der Waals surface area contributed by atoms with E-state index in [9.17, 15) is 14.9 Å². The van der Waals surface area contributed by atoms with Crippen LogP contribution in [-0.4, -0.2) is 16.5 Å². The van der Waals surface area contributed by atoms with E-state index in [1.165, 1.54) is 6.07 Å². The summed E-state index contributed by atoms with van der Waals surface area (Å²) in [5.74, 6) is -1.30. The zero-order valence-corrected chi connectivity index (χ0v) is 10.6. The molecular weight excluding hydrogens is 262 g/mol. The maximum Gasteiger partial charge on any atom is 0.433 e. The van der Waals surface area contributed by atoms with Gasteiger partial charge in [-0.3, -0.25) is 14.9 Å². The lowest BCUT2D eigenvalue weighted by Gasteiger charge is -2.00. The number of nitrogens with zero attached hydrogens (tertiary/aromatic N) is 2. The van der Waals surface area contributed by atoms with Gasteiger partial charge in [-0.1, -0.05) is 30.3 Å². The first kappa shape index (κ1) is 13.5. The van der Waals surface area contributed by atoms with Crippen LogP contribution in [0.4, 0.5) is 5.88 Å². The molecule has 0 saturated carbocycles. The van der Waals surface area contributed by atoms with Crippen molar-refractivity contribution in [1.82, 2.24) is 5.43 Å². The van der Waals surface area contributed by atoms with E-state index >= 15 is 0 Å². The Balaban J connectivity index is 2.06. The molecule has 2 rings (SSSR count). The van der Waals surface area contributed by atoms with E-state index in [4.69, 9.17) is 4.42 Å². The Morgan fingerprint density at radius 3 is 2.55 bits per heavy atom. The minimum absolute atomic E-state index is 0.165. The molecule has 0 aliphatic rings. The molecule has 1 N–H and O–H groups in total. The molecule has 7 nitrogen and oxygen atoms in total. The summed E-state index contributed by atoms with van der Waals surface area (Å²) in [7, 11) is 0. The SMILES string of the molecule is C/C(=N/NC(=O)c1ccc([N+](=O)[O-])o1)c1ccccc1. The minimum atomic E-state index is -0.713. The third-order valence-electron chi connectivity index (χ3n) is 2.51. The van der Waals surface area contributed by atoms with Gasteiger partial charge in [-0.25, -0.2) is 5.43 Å². The van der Waals surface area contributed by atoms with Gasteiger partial charge in [0.15, 0.2) is 0 Å². The van der Waals surface area contributed by atoms with Gasteiger partial charge in [-0.15, -0.1) is 0 Å². The molecule has 0 fully saturated rings. The van der Waals surface area contributed by atoms with Gasteiger partial charge in [0, 0.05) is 0 Å². The molecule has 0 bridgehead atoms. The maximum absolute atomic E-state index is 11.7. The number of nitro groups is 1. The van der Waals surface area contributed by atoms with E-state index < -0.39 is 16.7 Å². The van der Waals surface area contributed by atoms with Gasteiger partial charge >= 0.3 is 11.8 Å². The van der Waals surface area contributed by atoms with Crippen LogP contribution < -0.4 is 5.43 Å². The molecular formula is C13H11N3O4. The van der Waals surface area contributed by atoms with Crippen LogP contribution in [0.3, 0.4) is 0 Å². The van der Waals surface area contributed by atoms with Gasteiger partial charge < -0.3 is 4.42 Å². The van der Waals surface area contributed by atoms with Crippen molar-refractivity contribution in [2.45, 2.75) is 6.92 Å². The number of benzene rings is 1. The van der Waals surface area contributed by atoms with E-state index in [1.54, 1.807) is 6.92 Å². The molecule has 0 aliphatic heterocycles. The standard InChI is InChI=1S/C13H11N3O4/c1-9(10-5-3-2-4-6-10)14-15-13(17)11-7-8-12(20-11)16(18)19/h2-8H,1H3,(H,15,17)/b14-9-. The normalized spacial score (nSPS) is 11.2. The van der Waals surface area contributed by atoms with Crippen LogP contribution in [0.25, 0.3) is 0 Å². The molecule has 1 aromatic carbocycles. The van der Waals surface area contributed by atoms with Crippen LogP contribution in [0.15, 0.2) is 52.0 Å². The summed E-state index contributed by atoms with van der Waals surface area (Å²) < 4.78 is 4.76. The summed E-state index contributed by atoms with van der Waals surface area (Å²) >= 11 is 0. The molecule has 7 heteroatoms. The summed E-state index contributed by atoms with van der Waals surface area (Å²) in [5, 5.41) is 14.4. The number of furan rings is 1. The molecule has 1 amide bonds. The van der Waals surface area contributed by atoms with Gasteiger partial charge in [0.1, 0.15) is 4.92 Å². The highest BCUT2D eigenvalue weighted by Gasteiger charge is 2.16. The van der Waals surface area contributed by atoms with Crippen molar-refractivity contribution in [2.75, 3.05) is 0 Å². The summed E-state index contributed by atoms with van der Waals surface area (Å²) in [6.45, 7) is 1.74. The zero-order chi connectivity index (χ0) is 14.5. The maximum atomic E-state index is 11.7. The first-order valence-corrected chi connectivity index (χ1v) is 5.72. The molecule has 20 heavy (non-hydrogen) atoms. The molecule has 2 aromatic rings. The molecule has 0 radical (unpaired) electrons. The Labute approximate surface area is 114 Å². The topological polar surface area (TPSA) is 97.7 Å². The molecule has 0 spiro atoms. The van der Waals surface area contributed by atoms with Crippen molar-refractivity contribution in [1.29, 1.82) is 0 Å². The van der Waals surface area contributed by atoms with Crippen LogP contribution in [0, 0.1) is 10.1 Å². The van der Waals surface area contributed by atoms with Gasteiger partial charge in [0.05, 0.1) is 11.8 Å². The molecule has 0 saturated heterocycles. The van der Waals surface area contributed by atoms with Crippen molar-refractivity contribution in [3.63, 3.8) is 0 Å². The van der Waals surface area contributed by atoms with Crippen LogP contribution >= 0.6 is 0 Å². The monoisotopic (exact) mass is 273 g/mol. The van der Waals surface area contributed by atoms with Crippen LogP contribution in [0.2, 0.25) is 0 Å². The molecule has 102 valence electrons. The fraction of sp³-hybridized carbons (Fsp3) is 0.0769. The largest absolute Gasteiger partial charge is 0.433 e. The second-order valence-electron chi connectivity index (χ2n) is 3.90. The van der Waals surface area contributed by atoms with E-state index in [2.05, 4.69) is 10.5 Å². The van der Waals surface area contributed by atoms with E-state index in [-0.39, 0.29) is 5.76 Å². The Morgan fingerprint density at radius 2 is 1.95 bits per heavy atom. The first-order chi connectivity index (χ1) is 9.58. The molecule has 1 heterocycles. The fourth-order valence-electron chi connectivity index (χ4n) is 1.48. The van der Waals surface area contributed by atoms with Gasteiger partial charge in [0.25, 0.3) is 0 Å². The summed E-state index contributed by atoms with van der Waals surface area (Å²) in [4.78, 5) is 21.4. The van der Waals surface area contributed by atoms with Crippen molar-refractivity contribution < 1.29 is 14.1 Å². The van der Waals surface area contributed by atoms with Gasteiger partial charge in [-0.05, 0) is 18.6 Å². The number of carbonyl (C=O) groups excluding carboxylic acids is 1. The molecule has 0 atom stereocenters. The average Bonchev–Trinajstić information content (AvgIpc) is 2.95. The number of hydrogen-bond acceptors (Lipinski definition) is 5. The number of rotatable bonds is 4. The van der Waals surface area contributed by atoms with Crippen LogP contribution in [-0.2, 0) is 0 Å². The highest BCUT2D eigenvalue weighted by Crippen LogP contribution is 2.15. The van der Waals surface area contributed by atoms with Crippen molar-refractivity contribution >= 4 is 17.5 Å². The summed E-state index contributed by atoms with van der Waals surface area (Å²) in [6.07, 6.45) is 0. The number of hydrogen-bond donors (Lipinski definition) is 1. The fourth-order valence-corrected chi connectivity index (χ4v) is 1.48. The average molecular weight is 273 g/mol. The number of nitrogens with one attached hydrogen (secondary N) is 1. The second-order valence-corrected chi connectivity index (χ2v) is 3.90. The lowest BCUT2D eigenvalue weighted by Crippen LogP contribution is -2.18. The third kappa shape index (κ3) is 3.08. The predicted octanol–water partition coefficient (Wildman–Crippen LogP) is 2.34. The van der Waals surface area contributed by atoms with Gasteiger partial charge in [-0.2, -0.15) is 5.10 Å². The predicted molar refractivity (Wildman–Crippen MR) is 71.5 cm³/mol. The third-order valence-corrected chi connectivity index (χ3v) is 2.51. The number of amides is 1. The number of carbonyl (C=O) groups is 1. The second kappa shape index (κ2) is 5.79. The van der Waals surface area contributed by atoms with Crippen LogP contribution in [0.1, 0.15) is 23.0 Å². The van der Waals surface area contributed by atoms with Crippen LogP contribution in [0.5, 0.6) is 0 Å². The molecule has 0 aliphatic carbocycles. The molecule has 0 unspecified atom stereocenters. The van der Waals surface area contributed by atoms with E-state index in [0.29, 0.717) is 5.71 Å².